The SMILES string of the molecule is Cc1ccc2c(c1)CC(C(=O)O)N2C(C)C. The quantitative estimate of drug-likeness (QED) is 0.829. The van der Waals surface area contributed by atoms with Gasteiger partial charge in [0.1, 0.15) is 6.04 Å². The maximum atomic E-state index is 11.2. The summed E-state index contributed by atoms with van der Waals surface area (Å²) in [5, 5.41) is 9.23. The van der Waals surface area contributed by atoms with Gasteiger partial charge < -0.3 is 10.0 Å². The number of hydrogen-bond acceptors (Lipinski definition) is 2. The monoisotopic (exact) mass is 219 g/mol. The number of hydrogen-bond donors (Lipinski definition) is 1. The van der Waals surface area contributed by atoms with Crippen LogP contribution in [0.2, 0.25) is 0 Å². The van der Waals surface area contributed by atoms with Crippen molar-refractivity contribution in [3.05, 3.63) is 29.3 Å². The molecule has 3 nitrogen and oxygen atoms in total. The predicted molar refractivity (Wildman–Crippen MR) is 63.9 cm³/mol. The second-order valence-corrected chi connectivity index (χ2v) is 4.69. The number of anilines is 1. The molecule has 1 aromatic carbocycles. The van der Waals surface area contributed by atoms with Gasteiger partial charge in [-0.15, -0.1) is 0 Å². The zero-order valence-electron chi connectivity index (χ0n) is 9.90. The smallest absolute Gasteiger partial charge is 0.326 e. The van der Waals surface area contributed by atoms with Crippen LogP contribution in [0.15, 0.2) is 18.2 Å². The molecule has 0 saturated carbocycles. The van der Waals surface area contributed by atoms with Crippen molar-refractivity contribution in [2.24, 2.45) is 0 Å². The summed E-state index contributed by atoms with van der Waals surface area (Å²) in [7, 11) is 0. The number of aliphatic carboxylic acids is 1. The van der Waals surface area contributed by atoms with Crippen LogP contribution in [-0.2, 0) is 11.2 Å². The molecule has 1 atom stereocenters. The van der Waals surface area contributed by atoms with E-state index in [-0.39, 0.29) is 6.04 Å². The summed E-state index contributed by atoms with van der Waals surface area (Å²) in [6.07, 6.45) is 0.616. The van der Waals surface area contributed by atoms with Gasteiger partial charge in [0.05, 0.1) is 0 Å². The van der Waals surface area contributed by atoms with Crippen molar-refractivity contribution in [3.63, 3.8) is 0 Å². The van der Waals surface area contributed by atoms with Gasteiger partial charge in [-0.25, -0.2) is 4.79 Å². The van der Waals surface area contributed by atoms with Gasteiger partial charge in [0, 0.05) is 18.2 Å². The van der Waals surface area contributed by atoms with Gasteiger partial charge in [-0.1, -0.05) is 17.7 Å². The molecule has 0 bridgehead atoms. The Hall–Kier alpha value is -1.51. The highest BCUT2D eigenvalue weighted by atomic mass is 16.4. The predicted octanol–water partition coefficient (Wildman–Crippen LogP) is 2.22. The lowest BCUT2D eigenvalue weighted by Gasteiger charge is -2.28. The highest BCUT2D eigenvalue weighted by Gasteiger charge is 2.35. The van der Waals surface area contributed by atoms with E-state index in [9.17, 15) is 9.90 Å². The fourth-order valence-corrected chi connectivity index (χ4v) is 2.45. The maximum absolute atomic E-state index is 11.2. The molecule has 1 aromatic rings. The highest BCUT2D eigenvalue weighted by molar-refractivity contribution is 5.82. The molecule has 1 unspecified atom stereocenters. The Kier molecular flexibility index (Phi) is 2.62. The number of carboxylic acids is 1. The molecule has 0 radical (unpaired) electrons. The minimum Gasteiger partial charge on any atom is -0.480 e. The standard InChI is InChI=1S/C13H17NO2/c1-8(2)14-11-5-4-9(3)6-10(11)7-12(14)13(15)16/h4-6,8,12H,7H2,1-3H3,(H,15,16). The lowest BCUT2D eigenvalue weighted by atomic mass is 10.1. The van der Waals surface area contributed by atoms with Gasteiger partial charge in [0.15, 0.2) is 0 Å². The minimum atomic E-state index is -0.734. The molecule has 0 spiro atoms. The summed E-state index contributed by atoms with van der Waals surface area (Å²) in [4.78, 5) is 13.2. The van der Waals surface area contributed by atoms with Crippen LogP contribution in [-0.4, -0.2) is 23.2 Å². The molecule has 3 heteroatoms. The van der Waals surface area contributed by atoms with Crippen LogP contribution in [0.5, 0.6) is 0 Å². The maximum Gasteiger partial charge on any atom is 0.326 e. The molecule has 0 fully saturated rings. The van der Waals surface area contributed by atoms with E-state index in [1.165, 1.54) is 5.56 Å². The van der Waals surface area contributed by atoms with E-state index < -0.39 is 12.0 Å². The van der Waals surface area contributed by atoms with Crippen molar-refractivity contribution in [2.75, 3.05) is 4.90 Å². The second-order valence-electron chi connectivity index (χ2n) is 4.69. The van der Waals surface area contributed by atoms with Gasteiger partial charge in [-0.2, -0.15) is 0 Å². The molecule has 0 amide bonds. The van der Waals surface area contributed by atoms with E-state index in [1.54, 1.807) is 0 Å². The highest BCUT2D eigenvalue weighted by Crippen LogP contribution is 2.34. The normalized spacial score (nSPS) is 19.0. The van der Waals surface area contributed by atoms with Crippen LogP contribution in [0.25, 0.3) is 0 Å². The zero-order valence-corrected chi connectivity index (χ0v) is 9.90. The largest absolute Gasteiger partial charge is 0.480 e. The lowest BCUT2D eigenvalue weighted by Crippen LogP contribution is -2.42. The number of fused-ring (bicyclic) bond motifs is 1. The molecule has 16 heavy (non-hydrogen) atoms. The molecule has 0 aromatic heterocycles. The van der Waals surface area contributed by atoms with Crippen LogP contribution < -0.4 is 4.90 Å². The first-order valence-electron chi connectivity index (χ1n) is 5.61. The Morgan fingerprint density at radius 3 is 2.75 bits per heavy atom. The summed E-state index contributed by atoms with van der Waals surface area (Å²) < 4.78 is 0. The Labute approximate surface area is 95.7 Å². The number of nitrogens with zero attached hydrogens (tertiary/aromatic N) is 1. The van der Waals surface area contributed by atoms with Crippen molar-refractivity contribution >= 4 is 11.7 Å². The first-order chi connectivity index (χ1) is 7.50. The van der Waals surface area contributed by atoms with E-state index in [0.717, 1.165) is 11.3 Å². The minimum absolute atomic E-state index is 0.213. The molecule has 1 N–H and O–H groups in total. The number of carbonyl (C=O) groups is 1. The van der Waals surface area contributed by atoms with Crippen LogP contribution in [0.4, 0.5) is 5.69 Å². The molecular formula is C13H17NO2. The van der Waals surface area contributed by atoms with E-state index in [2.05, 4.69) is 6.07 Å². The van der Waals surface area contributed by atoms with E-state index in [0.29, 0.717) is 6.42 Å². The average molecular weight is 219 g/mol. The van der Waals surface area contributed by atoms with Crippen LogP contribution in [0.1, 0.15) is 25.0 Å². The molecular weight excluding hydrogens is 202 g/mol. The summed E-state index contributed by atoms with van der Waals surface area (Å²) >= 11 is 0. The molecule has 1 heterocycles. The number of carboxylic acid groups (broad SMARTS) is 1. The molecule has 0 saturated heterocycles. The molecule has 0 aliphatic carbocycles. The first-order valence-corrected chi connectivity index (χ1v) is 5.61. The third-order valence-electron chi connectivity index (χ3n) is 3.10. The Morgan fingerprint density at radius 2 is 2.19 bits per heavy atom. The second kappa shape index (κ2) is 3.81. The van der Waals surface area contributed by atoms with Crippen molar-refractivity contribution in [1.82, 2.24) is 0 Å². The number of aryl methyl sites for hydroxylation is 1. The third kappa shape index (κ3) is 1.66. The molecule has 86 valence electrons. The molecule has 1 aliphatic heterocycles. The lowest BCUT2D eigenvalue weighted by molar-refractivity contribution is -0.138. The van der Waals surface area contributed by atoms with Gasteiger partial charge in [0.25, 0.3) is 0 Å². The average Bonchev–Trinajstić information content (AvgIpc) is 2.55. The first kappa shape index (κ1) is 11.0. The van der Waals surface area contributed by atoms with Gasteiger partial charge >= 0.3 is 5.97 Å². The van der Waals surface area contributed by atoms with Gasteiger partial charge in [-0.3, -0.25) is 0 Å². The Morgan fingerprint density at radius 1 is 1.50 bits per heavy atom. The zero-order chi connectivity index (χ0) is 11.9. The third-order valence-corrected chi connectivity index (χ3v) is 3.10. The van der Waals surface area contributed by atoms with Gasteiger partial charge in [-0.05, 0) is 32.4 Å². The van der Waals surface area contributed by atoms with E-state index in [1.807, 2.05) is 37.8 Å². The van der Waals surface area contributed by atoms with Gasteiger partial charge in [0.2, 0.25) is 0 Å². The number of benzene rings is 1. The van der Waals surface area contributed by atoms with E-state index >= 15 is 0 Å². The number of rotatable bonds is 2. The van der Waals surface area contributed by atoms with E-state index in [4.69, 9.17) is 0 Å². The fraction of sp³-hybridized carbons (Fsp3) is 0.462. The Bertz CT molecular complexity index is 426. The topological polar surface area (TPSA) is 40.5 Å². The Balaban J connectivity index is 2.45. The van der Waals surface area contributed by atoms with Crippen LogP contribution in [0, 0.1) is 6.92 Å². The van der Waals surface area contributed by atoms with Crippen molar-refractivity contribution in [3.8, 4) is 0 Å². The summed E-state index contributed by atoms with van der Waals surface area (Å²) in [6, 6.07) is 5.97. The summed E-state index contributed by atoms with van der Waals surface area (Å²) in [5.74, 6) is -0.734. The van der Waals surface area contributed by atoms with Crippen LogP contribution in [0.3, 0.4) is 0 Å². The van der Waals surface area contributed by atoms with Crippen molar-refractivity contribution in [2.45, 2.75) is 39.3 Å². The summed E-state index contributed by atoms with van der Waals surface area (Å²) in [5.41, 5.74) is 3.42. The van der Waals surface area contributed by atoms with Crippen LogP contribution >= 0.6 is 0 Å². The molecule has 1 aliphatic rings. The fourth-order valence-electron chi connectivity index (χ4n) is 2.45. The molecule has 2 rings (SSSR count). The van der Waals surface area contributed by atoms with Crippen molar-refractivity contribution < 1.29 is 9.90 Å². The van der Waals surface area contributed by atoms with Crippen molar-refractivity contribution in [1.29, 1.82) is 0 Å². The summed E-state index contributed by atoms with van der Waals surface area (Å²) in [6.45, 7) is 6.10.